The number of hydrogen-bond acceptors (Lipinski definition) is 2. The van der Waals surface area contributed by atoms with Gasteiger partial charge < -0.3 is 10.2 Å². The lowest BCUT2D eigenvalue weighted by Crippen LogP contribution is -2.36. The van der Waals surface area contributed by atoms with E-state index in [1.807, 2.05) is 43.3 Å². The smallest absolute Gasteiger partial charge is 0.251 e. The Bertz CT molecular complexity index is 452. The second-order valence-electron chi connectivity index (χ2n) is 5.44. The van der Waals surface area contributed by atoms with Crippen LogP contribution in [0.25, 0.3) is 0 Å². The zero-order valence-electron chi connectivity index (χ0n) is 11.8. The summed E-state index contributed by atoms with van der Waals surface area (Å²) in [5, 5.41) is 3.11. The number of nitrogens with zero attached hydrogens (tertiary/aromatic N) is 1. The molecule has 3 nitrogen and oxygen atoms in total. The van der Waals surface area contributed by atoms with Gasteiger partial charge in [0.2, 0.25) is 0 Å². The number of carbonyl (C=O) groups excluding carboxylic acids is 1. The van der Waals surface area contributed by atoms with Crippen LogP contribution in [0.2, 0.25) is 0 Å². The number of nitrogens with one attached hydrogen (secondary N) is 1. The monoisotopic (exact) mass is 258 g/mol. The van der Waals surface area contributed by atoms with E-state index in [4.69, 9.17) is 0 Å². The van der Waals surface area contributed by atoms with E-state index in [1.54, 1.807) is 0 Å². The Morgan fingerprint density at radius 2 is 1.79 bits per heavy atom. The third-order valence-corrected chi connectivity index (χ3v) is 3.67. The van der Waals surface area contributed by atoms with E-state index in [0.717, 1.165) is 36.9 Å². The van der Waals surface area contributed by atoms with Gasteiger partial charge in [-0.15, -0.1) is 0 Å². The second-order valence-corrected chi connectivity index (χ2v) is 5.44. The van der Waals surface area contributed by atoms with Crippen LogP contribution in [0.4, 0.5) is 5.69 Å². The molecular weight excluding hydrogens is 236 g/mol. The first kappa shape index (κ1) is 13.7. The van der Waals surface area contributed by atoms with Gasteiger partial charge in [-0.05, 0) is 49.9 Å². The predicted octanol–water partition coefficient (Wildman–Crippen LogP) is 2.98. The van der Waals surface area contributed by atoms with Crippen molar-refractivity contribution >= 4 is 11.6 Å². The first-order valence-corrected chi connectivity index (χ1v) is 6.81. The van der Waals surface area contributed by atoms with Crippen LogP contribution >= 0.6 is 0 Å². The normalized spacial score (nSPS) is 16.2. The summed E-state index contributed by atoms with van der Waals surface area (Å²) in [4.78, 5) is 14.2. The lowest BCUT2D eigenvalue weighted by atomic mass is 9.92. The van der Waals surface area contributed by atoms with Crippen LogP contribution in [0.3, 0.4) is 0 Å². The number of amides is 1. The van der Waals surface area contributed by atoms with Crippen molar-refractivity contribution in [2.45, 2.75) is 31.7 Å². The van der Waals surface area contributed by atoms with Crippen LogP contribution in [0.5, 0.6) is 0 Å². The first-order chi connectivity index (χ1) is 9.06. The number of carbonyl (C=O) groups is 1. The van der Waals surface area contributed by atoms with Crippen LogP contribution in [-0.4, -0.2) is 26.0 Å². The molecule has 1 fully saturated rings. The Kier molecular flexibility index (Phi) is 4.25. The Morgan fingerprint density at radius 1 is 1.21 bits per heavy atom. The highest BCUT2D eigenvalue weighted by atomic mass is 16.1. The lowest BCUT2D eigenvalue weighted by molar-refractivity contribution is 0.0930. The Labute approximate surface area is 115 Å². The van der Waals surface area contributed by atoms with Gasteiger partial charge >= 0.3 is 0 Å². The third-order valence-electron chi connectivity index (χ3n) is 3.67. The van der Waals surface area contributed by atoms with Crippen molar-refractivity contribution in [1.82, 2.24) is 5.32 Å². The lowest BCUT2D eigenvalue weighted by Gasteiger charge is -2.24. The molecule has 0 unspecified atom stereocenters. The van der Waals surface area contributed by atoms with Gasteiger partial charge in [0.05, 0.1) is 0 Å². The van der Waals surface area contributed by atoms with Gasteiger partial charge in [0.1, 0.15) is 0 Å². The summed E-state index contributed by atoms with van der Waals surface area (Å²) in [5.74, 6) is 0.0304. The third kappa shape index (κ3) is 3.60. The SMILES string of the molecule is C=C1CCC(NC(=O)c2ccc(N(C)C)cc2)CC1. The maximum atomic E-state index is 12.1. The van der Waals surface area contributed by atoms with Gasteiger partial charge in [0.25, 0.3) is 5.91 Å². The molecule has 1 amide bonds. The van der Waals surface area contributed by atoms with E-state index in [-0.39, 0.29) is 5.91 Å². The number of allylic oxidation sites excluding steroid dienone is 1. The molecular formula is C16H22N2O. The van der Waals surface area contributed by atoms with Gasteiger partial charge in [0.15, 0.2) is 0 Å². The molecule has 1 aromatic carbocycles. The summed E-state index contributed by atoms with van der Waals surface area (Å²) in [6.45, 7) is 3.99. The van der Waals surface area contributed by atoms with Crippen LogP contribution in [0, 0.1) is 0 Å². The first-order valence-electron chi connectivity index (χ1n) is 6.81. The maximum absolute atomic E-state index is 12.1. The molecule has 102 valence electrons. The summed E-state index contributed by atoms with van der Waals surface area (Å²) in [6.07, 6.45) is 4.09. The van der Waals surface area contributed by atoms with Crippen LogP contribution in [0.15, 0.2) is 36.4 Å². The minimum Gasteiger partial charge on any atom is -0.378 e. The molecule has 0 spiro atoms. The van der Waals surface area contributed by atoms with Crippen molar-refractivity contribution in [3.8, 4) is 0 Å². The van der Waals surface area contributed by atoms with Gasteiger partial charge in [-0.3, -0.25) is 4.79 Å². The summed E-state index contributed by atoms with van der Waals surface area (Å²) < 4.78 is 0. The van der Waals surface area contributed by atoms with Crippen LogP contribution < -0.4 is 10.2 Å². The Morgan fingerprint density at radius 3 is 2.32 bits per heavy atom. The highest BCUT2D eigenvalue weighted by Crippen LogP contribution is 2.22. The van der Waals surface area contributed by atoms with E-state index >= 15 is 0 Å². The number of hydrogen-bond donors (Lipinski definition) is 1. The van der Waals surface area contributed by atoms with Crippen molar-refractivity contribution in [2.75, 3.05) is 19.0 Å². The van der Waals surface area contributed by atoms with Crippen LogP contribution in [0.1, 0.15) is 36.0 Å². The molecule has 2 rings (SSSR count). The molecule has 1 N–H and O–H groups in total. The molecule has 0 atom stereocenters. The van der Waals surface area contributed by atoms with E-state index < -0.39 is 0 Å². The fourth-order valence-corrected chi connectivity index (χ4v) is 2.35. The molecule has 0 bridgehead atoms. The number of anilines is 1. The van der Waals surface area contributed by atoms with Crippen molar-refractivity contribution in [3.63, 3.8) is 0 Å². The van der Waals surface area contributed by atoms with E-state index in [1.165, 1.54) is 5.57 Å². The van der Waals surface area contributed by atoms with Gasteiger partial charge in [-0.1, -0.05) is 12.2 Å². The quantitative estimate of drug-likeness (QED) is 0.845. The minimum atomic E-state index is 0.0304. The van der Waals surface area contributed by atoms with Gasteiger partial charge in [-0.2, -0.15) is 0 Å². The molecule has 0 heterocycles. The summed E-state index contributed by atoms with van der Waals surface area (Å²) in [7, 11) is 3.98. The molecule has 1 aliphatic rings. The second kappa shape index (κ2) is 5.91. The molecule has 0 aromatic heterocycles. The fourth-order valence-electron chi connectivity index (χ4n) is 2.35. The van der Waals surface area contributed by atoms with Crippen molar-refractivity contribution in [1.29, 1.82) is 0 Å². The molecule has 0 radical (unpaired) electrons. The predicted molar refractivity (Wildman–Crippen MR) is 79.6 cm³/mol. The molecule has 19 heavy (non-hydrogen) atoms. The molecule has 1 aromatic rings. The standard InChI is InChI=1S/C16H22N2O/c1-12-4-8-14(9-5-12)17-16(19)13-6-10-15(11-7-13)18(2)3/h6-7,10-11,14H,1,4-5,8-9H2,2-3H3,(H,17,19). The van der Waals surface area contributed by atoms with Gasteiger partial charge in [0, 0.05) is 31.4 Å². The molecule has 0 aliphatic heterocycles. The summed E-state index contributed by atoms with van der Waals surface area (Å²) >= 11 is 0. The average molecular weight is 258 g/mol. The largest absolute Gasteiger partial charge is 0.378 e. The number of rotatable bonds is 3. The van der Waals surface area contributed by atoms with Crippen molar-refractivity contribution in [2.24, 2.45) is 0 Å². The Balaban J connectivity index is 1.94. The summed E-state index contributed by atoms with van der Waals surface area (Å²) in [6, 6.07) is 8.00. The molecule has 1 saturated carbocycles. The minimum absolute atomic E-state index is 0.0304. The van der Waals surface area contributed by atoms with E-state index in [2.05, 4.69) is 11.9 Å². The van der Waals surface area contributed by atoms with Crippen molar-refractivity contribution in [3.05, 3.63) is 42.0 Å². The maximum Gasteiger partial charge on any atom is 0.251 e. The van der Waals surface area contributed by atoms with E-state index in [9.17, 15) is 4.79 Å². The highest BCUT2D eigenvalue weighted by Gasteiger charge is 2.18. The Hall–Kier alpha value is -1.77. The highest BCUT2D eigenvalue weighted by molar-refractivity contribution is 5.94. The molecule has 1 aliphatic carbocycles. The van der Waals surface area contributed by atoms with Crippen LogP contribution in [-0.2, 0) is 0 Å². The average Bonchev–Trinajstić information content (AvgIpc) is 2.41. The van der Waals surface area contributed by atoms with Gasteiger partial charge in [-0.25, -0.2) is 0 Å². The topological polar surface area (TPSA) is 32.3 Å². The summed E-state index contributed by atoms with van der Waals surface area (Å²) in [5.41, 5.74) is 3.14. The van der Waals surface area contributed by atoms with E-state index in [0.29, 0.717) is 6.04 Å². The molecule has 3 heteroatoms. The van der Waals surface area contributed by atoms with Crippen molar-refractivity contribution < 1.29 is 4.79 Å². The number of benzene rings is 1. The zero-order valence-corrected chi connectivity index (χ0v) is 11.8. The zero-order chi connectivity index (χ0) is 13.8. The molecule has 0 saturated heterocycles. The fraction of sp³-hybridized carbons (Fsp3) is 0.438.